The highest BCUT2D eigenvalue weighted by Gasteiger charge is 2.72. The summed E-state index contributed by atoms with van der Waals surface area (Å²) in [6, 6.07) is 6.96. The Labute approximate surface area is 224 Å². The zero-order valence-electron chi connectivity index (χ0n) is 20.9. The van der Waals surface area contributed by atoms with Crippen molar-refractivity contribution in [3.05, 3.63) is 59.2 Å². The number of carbonyl (C=O) groups is 3. The highest BCUT2D eigenvalue weighted by Crippen LogP contribution is 2.54. The summed E-state index contributed by atoms with van der Waals surface area (Å²) in [5.41, 5.74) is -4.34. The van der Waals surface area contributed by atoms with E-state index in [1.165, 1.54) is 23.6 Å². The molecule has 0 spiro atoms. The van der Waals surface area contributed by atoms with Gasteiger partial charge in [-0.1, -0.05) is 18.2 Å². The van der Waals surface area contributed by atoms with Gasteiger partial charge < -0.3 is 15.5 Å². The smallest absolute Gasteiger partial charge is 0.353 e. The lowest BCUT2D eigenvalue weighted by Crippen LogP contribution is -2.56. The number of rotatable bonds is 7. The molecule has 1 saturated carbocycles. The monoisotopic (exact) mass is 573 g/mol. The first-order valence-corrected chi connectivity index (χ1v) is 13.2. The molecule has 2 aromatic rings. The molecule has 1 fully saturated rings. The van der Waals surface area contributed by atoms with Crippen LogP contribution in [0.3, 0.4) is 0 Å². The highest BCUT2D eigenvalue weighted by molar-refractivity contribution is 7.98. The van der Waals surface area contributed by atoms with Crippen LogP contribution < -0.4 is 10.6 Å². The summed E-state index contributed by atoms with van der Waals surface area (Å²) in [4.78, 5) is 39.8. The third kappa shape index (κ3) is 5.59. The van der Waals surface area contributed by atoms with Crippen LogP contribution in [-0.2, 0) is 26.3 Å². The van der Waals surface area contributed by atoms with Crippen LogP contribution in [0.1, 0.15) is 48.9 Å². The molecule has 2 aromatic carbocycles. The third-order valence-corrected chi connectivity index (χ3v) is 7.66. The fraction of sp³-hybridized carbons (Fsp3) is 0.423. The minimum atomic E-state index is -5.83. The summed E-state index contributed by atoms with van der Waals surface area (Å²) in [6.45, 7) is 1.47. The molecular weight excluding hydrogens is 548 g/mol. The normalized spacial score (nSPS) is 17.5. The van der Waals surface area contributed by atoms with E-state index >= 15 is 0 Å². The lowest BCUT2D eigenvalue weighted by molar-refractivity contribution is -0.303. The van der Waals surface area contributed by atoms with E-state index in [1.54, 1.807) is 12.1 Å². The molecule has 0 radical (unpaired) electrons. The van der Waals surface area contributed by atoms with Gasteiger partial charge in [0.2, 0.25) is 11.8 Å². The van der Waals surface area contributed by atoms with Crippen molar-refractivity contribution in [2.75, 3.05) is 11.6 Å². The van der Waals surface area contributed by atoms with E-state index < -0.39 is 53.6 Å². The average Bonchev–Trinajstić information content (AvgIpc) is 3.56. The number of anilines is 1. The van der Waals surface area contributed by atoms with Crippen LogP contribution in [0, 0.1) is 0 Å². The lowest BCUT2D eigenvalue weighted by Gasteiger charge is -2.37. The SMILES string of the molecule is CSc1ccc2c(c1)CN(C(C)=O)C2C(=O)Nc1ccc(C(CC(=O)NC2CC2)(C(F)(F)F)C(F)(F)F)cc1. The van der Waals surface area contributed by atoms with E-state index in [2.05, 4.69) is 10.6 Å². The number of nitrogens with zero attached hydrogens (tertiary/aromatic N) is 1. The van der Waals surface area contributed by atoms with Gasteiger partial charge in [0.25, 0.3) is 5.91 Å². The molecule has 2 N–H and O–H groups in total. The summed E-state index contributed by atoms with van der Waals surface area (Å²) in [5.74, 6) is -2.40. The van der Waals surface area contributed by atoms with Crippen LogP contribution >= 0.6 is 11.8 Å². The van der Waals surface area contributed by atoms with Gasteiger partial charge >= 0.3 is 12.4 Å². The van der Waals surface area contributed by atoms with E-state index in [0.717, 1.165) is 22.6 Å². The maximum atomic E-state index is 14.1. The van der Waals surface area contributed by atoms with Gasteiger partial charge in [-0.25, -0.2) is 0 Å². The van der Waals surface area contributed by atoms with Crippen molar-refractivity contribution in [1.29, 1.82) is 0 Å². The van der Waals surface area contributed by atoms with Crippen molar-refractivity contribution in [2.24, 2.45) is 0 Å². The zero-order chi connectivity index (χ0) is 28.8. The van der Waals surface area contributed by atoms with Crippen LogP contribution in [-0.4, -0.2) is 47.3 Å². The van der Waals surface area contributed by atoms with Gasteiger partial charge in [0, 0.05) is 30.1 Å². The van der Waals surface area contributed by atoms with Gasteiger partial charge in [0.1, 0.15) is 6.04 Å². The third-order valence-electron chi connectivity index (χ3n) is 6.93. The summed E-state index contributed by atoms with van der Waals surface area (Å²) in [5, 5.41) is 4.68. The first-order chi connectivity index (χ1) is 18.2. The first kappa shape index (κ1) is 28.8. The molecule has 13 heteroatoms. The number of fused-ring (bicyclic) bond motifs is 1. The van der Waals surface area contributed by atoms with Crippen LogP contribution in [0.4, 0.5) is 32.0 Å². The lowest BCUT2D eigenvalue weighted by atomic mass is 9.75. The molecule has 6 nitrogen and oxygen atoms in total. The number of thioether (sulfide) groups is 1. The summed E-state index contributed by atoms with van der Waals surface area (Å²) >= 11 is 1.48. The molecule has 3 amide bonds. The summed E-state index contributed by atoms with van der Waals surface area (Å²) < 4.78 is 84.5. The van der Waals surface area contributed by atoms with Crippen LogP contribution in [0.5, 0.6) is 0 Å². The van der Waals surface area contributed by atoms with Crippen LogP contribution in [0.2, 0.25) is 0 Å². The van der Waals surface area contributed by atoms with Crippen molar-refractivity contribution in [1.82, 2.24) is 10.2 Å². The maximum Gasteiger partial charge on any atom is 0.407 e. The molecule has 1 unspecified atom stereocenters. The Morgan fingerprint density at radius 1 is 0.974 bits per heavy atom. The minimum Gasteiger partial charge on any atom is -0.353 e. The Kier molecular flexibility index (Phi) is 7.67. The predicted molar refractivity (Wildman–Crippen MR) is 132 cm³/mol. The molecule has 39 heavy (non-hydrogen) atoms. The van der Waals surface area contributed by atoms with E-state index in [1.807, 2.05) is 12.3 Å². The van der Waals surface area contributed by atoms with E-state index in [4.69, 9.17) is 0 Å². The molecule has 0 aromatic heterocycles. The van der Waals surface area contributed by atoms with Crippen molar-refractivity contribution < 1.29 is 40.7 Å². The van der Waals surface area contributed by atoms with Crippen molar-refractivity contribution >= 4 is 35.2 Å². The van der Waals surface area contributed by atoms with Gasteiger partial charge in [-0.05, 0) is 60.1 Å². The van der Waals surface area contributed by atoms with E-state index in [9.17, 15) is 40.7 Å². The molecule has 1 aliphatic heterocycles. The molecule has 1 aliphatic carbocycles. The highest BCUT2D eigenvalue weighted by atomic mass is 32.2. The second-order valence-electron chi connectivity index (χ2n) is 9.60. The molecule has 210 valence electrons. The molecule has 2 aliphatic rings. The van der Waals surface area contributed by atoms with Gasteiger partial charge in [0.15, 0.2) is 5.41 Å². The van der Waals surface area contributed by atoms with Gasteiger partial charge in [-0.2, -0.15) is 26.3 Å². The number of carbonyl (C=O) groups excluding carboxylic acids is 3. The molecule has 0 saturated heterocycles. The number of alkyl halides is 6. The number of halogens is 6. The fourth-order valence-corrected chi connectivity index (χ4v) is 5.18. The number of hydrogen-bond acceptors (Lipinski definition) is 4. The van der Waals surface area contributed by atoms with Crippen molar-refractivity contribution in [3.63, 3.8) is 0 Å². The average molecular weight is 574 g/mol. The Hall–Kier alpha value is -3.22. The zero-order valence-corrected chi connectivity index (χ0v) is 21.7. The molecular formula is C26H25F6N3O3S. The second kappa shape index (κ2) is 10.4. The number of benzene rings is 2. The van der Waals surface area contributed by atoms with Gasteiger partial charge in [-0.3, -0.25) is 14.4 Å². The topological polar surface area (TPSA) is 78.5 Å². The standard InChI is InChI=1S/C26H25F6N3O3S/c1-14(36)35-13-15-11-19(39-2)9-10-20(15)22(35)23(38)34-18-5-3-16(4-6-18)24(25(27,28)29,26(30,31)32)12-21(37)33-17-7-8-17/h3-6,9-11,17,22H,7-8,12-13H2,1-2H3,(H,33,37)(H,34,38). The van der Waals surface area contributed by atoms with E-state index in [0.29, 0.717) is 30.5 Å². The first-order valence-electron chi connectivity index (χ1n) is 12.0. The Bertz CT molecular complexity index is 1260. The fourth-order valence-electron chi connectivity index (χ4n) is 4.72. The summed E-state index contributed by atoms with van der Waals surface area (Å²) in [7, 11) is 0. The largest absolute Gasteiger partial charge is 0.407 e. The maximum absolute atomic E-state index is 14.1. The van der Waals surface area contributed by atoms with Crippen molar-refractivity contribution in [3.8, 4) is 0 Å². The van der Waals surface area contributed by atoms with Crippen LogP contribution in [0.15, 0.2) is 47.4 Å². The molecule has 0 bridgehead atoms. The molecule has 1 heterocycles. The molecule has 1 atom stereocenters. The van der Waals surface area contributed by atoms with Gasteiger partial charge in [-0.15, -0.1) is 11.8 Å². The number of hydrogen-bond donors (Lipinski definition) is 2. The Balaban J connectivity index is 1.62. The summed E-state index contributed by atoms with van der Waals surface area (Å²) in [6.07, 6.45) is -10.7. The molecule has 4 rings (SSSR count). The predicted octanol–water partition coefficient (Wildman–Crippen LogP) is 5.48. The second-order valence-corrected chi connectivity index (χ2v) is 10.5. The van der Waals surface area contributed by atoms with Gasteiger partial charge in [0.05, 0.1) is 6.42 Å². The Morgan fingerprint density at radius 3 is 2.10 bits per heavy atom. The number of amides is 3. The van der Waals surface area contributed by atoms with E-state index in [-0.39, 0.29) is 18.1 Å². The Morgan fingerprint density at radius 2 is 1.59 bits per heavy atom. The minimum absolute atomic E-state index is 0.0675. The quantitative estimate of drug-likeness (QED) is 0.340. The number of nitrogens with one attached hydrogen (secondary N) is 2. The van der Waals surface area contributed by atoms with Crippen molar-refractivity contribution in [2.45, 2.75) is 67.5 Å². The van der Waals surface area contributed by atoms with Crippen LogP contribution in [0.25, 0.3) is 0 Å².